The van der Waals surface area contributed by atoms with Gasteiger partial charge in [0.25, 0.3) is 17.7 Å². The lowest BCUT2D eigenvalue weighted by molar-refractivity contribution is -0.123. The molecule has 0 saturated heterocycles. The van der Waals surface area contributed by atoms with Crippen LogP contribution in [0.1, 0.15) is 27.6 Å². The molecule has 0 aliphatic carbocycles. The average Bonchev–Trinajstić information content (AvgIpc) is 3.37. The van der Waals surface area contributed by atoms with Gasteiger partial charge in [-0.2, -0.15) is 0 Å². The molecule has 32 heavy (non-hydrogen) atoms. The number of hydrogen-bond acceptors (Lipinski definition) is 5. The van der Waals surface area contributed by atoms with E-state index in [0.29, 0.717) is 33.5 Å². The number of nitrogens with one attached hydrogen (secondary N) is 3. The molecule has 4 aromatic rings. The lowest BCUT2D eigenvalue weighted by Crippen LogP contribution is -2.51. The molecular weight excluding hydrogens is 408 g/mol. The molecule has 4 rings (SSSR count). The zero-order chi connectivity index (χ0) is 22.5. The van der Waals surface area contributed by atoms with Crippen molar-refractivity contribution < 1.29 is 18.8 Å². The molecule has 3 amide bonds. The highest BCUT2D eigenvalue weighted by Crippen LogP contribution is 2.25. The number of nitrogens with zero attached hydrogens (tertiary/aromatic N) is 1. The van der Waals surface area contributed by atoms with Crippen molar-refractivity contribution >= 4 is 28.6 Å². The summed E-state index contributed by atoms with van der Waals surface area (Å²) in [5.74, 6) is -0.951. The Morgan fingerprint density at radius 1 is 0.875 bits per heavy atom. The Kier molecular flexibility index (Phi) is 5.94. The van der Waals surface area contributed by atoms with Crippen LogP contribution in [-0.2, 0) is 4.79 Å². The first kappa shape index (κ1) is 20.8. The fourth-order valence-corrected chi connectivity index (χ4v) is 3.14. The molecule has 0 bridgehead atoms. The zero-order valence-corrected chi connectivity index (χ0v) is 17.2. The normalized spacial score (nSPS) is 11.5. The number of amides is 3. The highest BCUT2D eigenvalue weighted by molar-refractivity contribution is 6.07. The van der Waals surface area contributed by atoms with Crippen LogP contribution in [0.4, 0.5) is 0 Å². The van der Waals surface area contributed by atoms with Crippen molar-refractivity contribution in [2.45, 2.75) is 13.0 Å². The predicted octanol–water partition coefficient (Wildman–Crippen LogP) is 3.07. The second kappa shape index (κ2) is 9.13. The lowest BCUT2D eigenvalue weighted by Gasteiger charge is -2.15. The molecule has 1 unspecified atom stereocenters. The number of furan rings is 1. The number of benzene rings is 2. The van der Waals surface area contributed by atoms with E-state index in [9.17, 15) is 14.4 Å². The van der Waals surface area contributed by atoms with Gasteiger partial charge in [-0.25, -0.2) is 4.98 Å². The number of rotatable bonds is 5. The Morgan fingerprint density at radius 3 is 2.38 bits per heavy atom. The van der Waals surface area contributed by atoms with E-state index in [0.717, 1.165) is 0 Å². The fourth-order valence-electron chi connectivity index (χ4n) is 3.14. The molecule has 8 heteroatoms. The molecule has 2 aromatic carbocycles. The minimum Gasteiger partial charge on any atom is -0.463 e. The number of pyridine rings is 1. The van der Waals surface area contributed by atoms with E-state index in [1.54, 1.807) is 66.7 Å². The number of carbonyl (C=O) groups is 3. The Bertz CT molecular complexity index is 1270. The van der Waals surface area contributed by atoms with Crippen LogP contribution in [0.2, 0.25) is 0 Å². The van der Waals surface area contributed by atoms with Crippen LogP contribution in [0.25, 0.3) is 22.4 Å². The summed E-state index contributed by atoms with van der Waals surface area (Å²) in [4.78, 5) is 42.0. The summed E-state index contributed by atoms with van der Waals surface area (Å²) in [5.41, 5.74) is 6.63. The molecule has 160 valence electrons. The van der Waals surface area contributed by atoms with E-state index in [-0.39, 0.29) is 5.91 Å². The highest BCUT2D eigenvalue weighted by atomic mass is 16.3. The van der Waals surface area contributed by atoms with Crippen molar-refractivity contribution in [2.24, 2.45) is 0 Å². The Balaban J connectivity index is 1.47. The SMILES string of the molecule is CC(NC(=O)c1ccccc1)C(=O)NNC(=O)c1cc(-c2ccco2)nc2ccccc12. The van der Waals surface area contributed by atoms with E-state index in [4.69, 9.17) is 4.42 Å². The average molecular weight is 428 g/mol. The van der Waals surface area contributed by atoms with Crippen LogP contribution in [0.3, 0.4) is 0 Å². The molecule has 3 N–H and O–H groups in total. The van der Waals surface area contributed by atoms with E-state index in [1.807, 2.05) is 6.07 Å². The monoisotopic (exact) mass is 428 g/mol. The molecule has 0 radical (unpaired) electrons. The summed E-state index contributed by atoms with van der Waals surface area (Å²) in [6.45, 7) is 1.53. The minimum absolute atomic E-state index is 0.322. The van der Waals surface area contributed by atoms with E-state index >= 15 is 0 Å². The first-order valence-corrected chi connectivity index (χ1v) is 9.92. The van der Waals surface area contributed by atoms with Gasteiger partial charge in [0, 0.05) is 10.9 Å². The predicted molar refractivity (Wildman–Crippen MR) is 118 cm³/mol. The van der Waals surface area contributed by atoms with E-state index in [1.165, 1.54) is 13.2 Å². The summed E-state index contributed by atoms with van der Waals surface area (Å²) >= 11 is 0. The van der Waals surface area contributed by atoms with Crippen LogP contribution in [0.5, 0.6) is 0 Å². The Labute approximate surface area is 183 Å². The van der Waals surface area contributed by atoms with Crippen molar-refractivity contribution in [3.8, 4) is 11.5 Å². The summed E-state index contributed by atoms with van der Waals surface area (Å²) < 4.78 is 5.40. The summed E-state index contributed by atoms with van der Waals surface area (Å²) in [7, 11) is 0. The smallest absolute Gasteiger partial charge is 0.270 e. The molecule has 2 aromatic heterocycles. The number of aromatic nitrogens is 1. The summed E-state index contributed by atoms with van der Waals surface area (Å²) in [5, 5.41) is 3.22. The Hall–Kier alpha value is -4.46. The first-order valence-electron chi connectivity index (χ1n) is 9.92. The Morgan fingerprint density at radius 2 is 1.62 bits per heavy atom. The van der Waals surface area contributed by atoms with Crippen molar-refractivity contribution in [2.75, 3.05) is 0 Å². The van der Waals surface area contributed by atoms with E-state index in [2.05, 4.69) is 21.2 Å². The molecule has 1 atom stereocenters. The second-order valence-corrected chi connectivity index (χ2v) is 7.05. The zero-order valence-electron chi connectivity index (χ0n) is 17.2. The van der Waals surface area contributed by atoms with Crippen molar-refractivity contribution in [3.63, 3.8) is 0 Å². The maximum atomic E-state index is 12.9. The van der Waals surface area contributed by atoms with Gasteiger partial charge in [0.15, 0.2) is 5.76 Å². The lowest BCUT2D eigenvalue weighted by atomic mass is 10.1. The van der Waals surface area contributed by atoms with Gasteiger partial charge in [0.2, 0.25) is 0 Å². The standard InChI is InChI=1S/C24H20N4O4/c1-15(25-23(30)16-8-3-2-4-9-16)22(29)27-28-24(31)18-14-20(21-12-7-13-32-21)26-19-11-6-5-10-17(18)19/h2-15H,1H3,(H,25,30)(H,27,29)(H,28,31). The maximum Gasteiger partial charge on any atom is 0.270 e. The van der Waals surface area contributed by atoms with Crippen LogP contribution in [0.15, 0.2) is 83.5 Å². The number of hydrogen-bond donors (Lipinski definition) is 3. The van der Waals surface area contributed by atoms with Crippen LogP contribution < -0.4 is 16.2 Å². The molecule has 2 heterocycles. The highest BCUT2D eigenvalue weighted by Gasteiger charge is 2.19. The largest absolute Gasteiger partial charge is 0.463 e. The molecule has 8 nitrogen and oxygen atoms in total. The van der Waals surface area contributed by atoms with Crippen LogP contribution in [0, 0.1) is 0 Å². The number of para-hydroxylation sites is 1. The van der Waals surface area contributed by atoms with Gasteiger partial charge in [-0.15, -0.1) is 0 Å². The molecule has 0 aliphatic rings. The van der Waals surface area contributed by atoms with Gasteiger partial charge >= 0.3 is 0 Å². The fraction of sp³-hybridized carbons (Fsp3) is 0.0833. The third kappa shape index (κ3) is 4.49. The number of carbonyl (C=O) groups excluding carboxylic acids is 3. The quantitative estimate of drug-likeness (QED) is 0.423. The molecule has 0 aliphatic heterocycles. The van der Waals surface area contributed by atoms with Gasteiger partial charge in [0.1, 0.15) is 11.7 Å². The summed E-state index contributed by atoms with van der Waals surface area (Å²) in [6.07, 6.45) is 1.53. The van der Waals surface area contributed by atoms with E-state index < -0.39 is 17.9 Å². The third-order valence-corrected chi connectivity index (χ3v) is 4.81. The molecular formula is C24H20N4O4. The van der Waals surface area contributed by atoms with Crippen molar-refractivity contribution in [1.82, 2.24) is 21.2 Å². The summed E-state index contributed by atoms with van der Waals surface area (Å²) in [6, 6.07) is 19.9. The molecule has 0 fully saturated rings. The van der Waals surface area contributed by atoms with Gasteiger partial charge in [-0.05, 0) is 43.3 Å². The minimum atomic E-state index is -0.865. The number of fused-ring (bicyclic) bond motifs is 1. The maximum absolute atomic E-state index is 12.9. The molecule has 0 saturated carbocycles. The first-order chi connectivity index (χ1) is 15.5. The second-order valence-electron chi connectivity index (χ2n) is 7.05. The van der Waals surface area contributed by atoms with Crippen molar-refractivity contribution in [1.29, 1.82) is 0 Å². The van der Waals surface area contributed by atoms with Crippen LogP contribution in [-0.4, -0.2) is 28.7 Å². The third-order valence-electron chi connectivity index (χ3n) is 4.81. The van der Waals surface area contributed by atoms with Gasteiger partial charge in [-0.3, -0.25) is 25.2 Å². The number of hydrazine groups is 1. The van der Waals surface area contributed by atoms with Crippen LogP contribution >= 0.6 is 0 Å². The topological polar surface area (TPSA) is 113 Å². The van der Waals surface area contributed by atoms with Gasteiger partial charge in [0.05, 0.1) is 17.3 Å². The van der Waals surface area contributed by atoms with Gasteiger partial charge in [-0.1, -0.05) is 36.4 Å². The van der Waals surface area contributed by atoms with Crippen molar-refractivity contribution in [3.05, 3.63) is 90.2 Å². The molecule has 0 spiro atoms. The van der Waals surface area contributed by atoms with Gasteiger partial charge < -0.3 is 9.73 Å².